The van der Waals surface area contributed by atoms with Crippen molar-refractivity contribution < 1.29 is 9.47 Å². The van der Waals surface area contributed by atoms with E-state index >= 15 is 0 Å². The van der Waals surface area contributed by atoms with Crippen LogP contribution in [-0.2, 0) is 6.42 Å². The first-order valence-corrected chi connectivity index (χ1v) is 10.7. The van der Waals surface area contributed by atoms with Crippen molar-refractivity contribution in [3.63, 3.8) is 0 Å². The van der Waals surface area contributed by atoms with Crippen molar-refractivity contribution in [1.82, 2.24) is 4.98 Å². The van der Waals surface area contributed by atoms with Crippen molar-refractivity contribution in [2.75, 3.05) is 19.5 Å². The van der Waals surface area contributed by atoms with Crippen molar-refractivity contribution in [3.8, 4) is 22.8 Å². The van der Waals surface area contributed by atoms with E-state index in [0.29, 0.717) is 0 Å². The van der Waals surface area contributed by atoms with E-state index in [1.54, 1.807) is 14.2 Å². The molecule has 0 spiro atoms. The summed E-state index contributed by atoms with van der Waals surface area (Å²) in [4.78, 5) is 3.62. The Hall–Kier alpha value is -1.94. The first-order valence-electron chi connectivity index (χ1n) is 9.58. The van der Waals surface area contributed by atoms with Crippen LogP contribution in [0.3, 0.4) is 0 Å². The first-order chi connectivity index (χ1) is 13.2. The molecule has 0 aliphatic carbocycles. The van der Waals surface area contributed by atoms with Gasteiger partial charge in [-0.05, 0) is 73.7 Å². The molecule has 2 aromatic carbocycles. The highest BCUT2D eigenvalue weighted by Gasteiger charge is 2.16. The molecule has 0 unspecified atom stereocenters. The molecule has 0 saturated carbocycles. The second kappa shape index (κ2) is 9.32. The third-order valence-electron chi connectivity index (χ3n) is 5.19. The van der Waals surface area contributed by atoms with Gasteiger partial charge < -0.3 is 14.5 Å². The molecule has 3 nitrogen and oxygen atoms in total. The van der Waals surface area contributed by atoms with Crippen molar-refractivity contribution in [1.29, 1.82) is 0 Å². The fourth-order valence-electron chi connectivity index (χ4n) is 3.75. The molecule has 1 heterocycles. The largest absolute Gasteiger partial charge is 0.497 e. The summed E-state index contributed by atoms with van der Waals surface area (Å²) in [5, 5.41) is 2.40. The van der Waals surface area contributed by atoms with Crippen LogP contribution < -0.4 is 9.47 Å². The van der Waals surface area contributed by atoms with Gasteiger partial charge in [-0.25, -0.2) is 0 Å². The number of ether oxygens (including phenoxy) is 2. The summed E-state index contributed by atoms with van der Waals surface area (Å²) < 4.78 is 11.0. The maximum Gasteiger partial charge on any atom is 0.122 e. The molecule has 4 heteroatoms. The van der Waals surface area contributed by atoms with E-state index in [1.165, 1.54) is 59.0 Å². The Morgan fingerprint density at radius 2 is 1.63 bits per heavy atom. The molecule has 3 rings (SSSR count). The van der Waals surface area contributed by atoms with Crippen LogP contribution in [0.15, 0.2) is 36.4 Å². The maximum absolute atomic E-state index is 5.69. The molecule has 1 aromatic heterocycles. The van der Waals surface area contributed by atoms with Crippen molar-refractivity contribution in [3.05, 3.63) is 47.5 Å². The van der Waals surface area contributed by atoms with Crippen LogP contribution in [0.1, 0.15) is 36.8 Å². The Labute approximate surface area is 170 Å². The number of H-pyrrole nitrogens is 1. The van der Waals surface area contributed by atoms with E-state index < -0.39 is 0 Å². The van der Waals surface area contributed by atoms with Crippen LogP contribution in [0.2, 0.25) is 0 Å². The Morgan fingerprint density at radius 3 is 2.30 bits per heavy atom. The number of nitrogens with one attached hydrogen (secondary N) is 1. The number of hydrogen-bond acceptors (Lipinski definition) is 2. The van der Waals surface area contributed by atoms with Crippen LogP contribution in [0.4, 0.5) is 0 Å². The lowest BCUT2D eigenvalue weighted by Gasteiger charge is -2.11. The molecule has 27 heavy (non-hydrogen) atoms. The van der Waals surface area contributed by atoms with E-state index in [1.807, 2.05) is 12.1 Å². The SMILES string of the molecule is COc1ccc(-c2[nH]c3ccc(OC)c(CCCCCCBr)c3c2C)cc1. The molecule has 0 fully saturated rings. The highest BCUT2D eigenvalue weighted by Crippen LogP contribution is 2.37. The van der Waals surface area contributed by atoms with E-state index in [0.717, 1.165) is 23.2 Å². The number of methoxy groups -OCH3 is 2. The third-order valence-corrected chi connectivity index (χ3v) is 5.75. The first kappa shape index (κ1) is 19.8. The van der Waals surface area contributed by atoms with Crippen LogP contribution in [0, 0.1) is 6.92 Å². The number of benzene rings is 2. The monoisotopic (exact) mass is 429 g/mol. The molecular formula is C23H28BrNO2. The van der Waals surface area contributed by atoms with Gasteiger partial charge in [0.25, 0.3) is 0 Å². The Bertz CT molecular complexity index is 884. The highest BCUT2D eigenvalue weighted by atomic mass is 79.9. The lowest BCUT2D eigenvalue weighted by molar-refractivity contribution is 0.409. The molecule has 0 aliphatic heterocycles. The Kier molecular flexibility index (Phi) is 6.84. The second-order valence-corrected chi connectivity index (χ2v) is 7.67. The smallest absolute Gasteiger partial charge is 0.122 e. The molecular weight excluding hydrogens is 402 g/mol. The molecule has 0 saturated heterocycles. The molecule has 1 N–H and O–H groups in total. The summed E-state index contributed by atoms with van der Waals surface area (Å²) in [6.45, 7) is 2.20. The normalized spacial score (nSPS) is 11.1. The van der Waals surface area contributed by atoms with Gasteiger partial charge in [-0.2, -0.15) is 0 Å². The summed E-state index contributed by atoms with van der Waals surface area (Å²) in [5.41, 5.74) is 6.12. The van der Waals surface area contributed by atoms with Crippen molar-refractivity contribution in [2.45, 2.75) is 39.0 Å². The number of aromatic amines is 1. The molecule has 0 amide bonds. The second-order valence-electron chi connectivity index (χ2n) is 6.88. The van der Waals surface area contributed by atoms with Crippen molar-refractivity contribution >= 4 is 26.8 Å². The Balaban J connectivity index is 1.96. The standard InChI is InChI=1S/C23H28BrNO2/c1-16-22-19(8-6-4-5-7-15-24)21(27-3)14-13-20(22)25-23(16)17-9-11-18(26-2)12-10-17/h9-14,25H,4-8,15H2,1-3H3. The number of halogens is 1. The van der Waals surface area contributed by atoms with Crippen LogP contribution in [-0.4, -0.2) is 24.5 Å². The van der Waals surface area contributed by atoms with Gasteiger partial charge in [0.05, 0.1) is 14.2 Å². The topological polar surface area (TPSA) is 34.2 Å². The van der Waals surface area contributed by atoms with Crippen LogP contribution in [0.25, 0.3) is 22.2 Å². The summed E-state index contributed by atoms with van der Waals surface area (Å²) in [7, 11) is 3.46. The summed E-state index contributed by atoms with van der Waals surface area (Å²) in [6.07, 6.45) is 5.99. The van der Waals surface area contributed by atoms with E-state index in [9.17, 15) is 0 Å². The van der Waals surface area contributed by atoms with Gasteiger partial charge in [-0.3, -0.25) is 0 Å². The minimum Gasteiger partial charge on any atom is -0.497 e. The van der Waals surface area contributed by atoms with E-state index in [2.05, 4.69) is 52.1 Å². The molecule has 0 aliphatic rings. The summed E-state index contributed by atoms with van der Waals surface area (Å²) in [5.74, 6) is 1.87. The average molecular weight is 430 g/mol. The number of aryl methyl sites for hydroxylation is 2. The Morgan fingerprint density at radius 1 is 0.889 bits per heavy atom. The predicted molar refractivity (Wildman–Crippen MR) is 118 cm³/mol. The van der Waals surface area contributed by atoms with Gasteiger partial charge in [0.2, 0.25) is 0 Å². The number of unbranched alkanes of at least 4 members (excludes halogenated alkanes) is 3. The summed E-state index contributed by atoms with van der Waals surface area (Å²) >= 11 is 3.51. The van der Waals surface area contributed by atoms with Crippen LogP contribution in [0.5, 0.6) is 11.5 Å². The zero-order chi connectivity index (χ0) is 19.2. The van der Waals surface area contributed by atoms with Gasteiger partial charge in [0.1, 0.15) is 11.5 Å². The van der Waals surface area contributed by atoms with Gasteiger partial charge >= 0.3 is 0 Å². The highest BCUT2D eigenvalue weighted by molar-refractivity contribution is 9.09. The zero-order valence-electron chi connectivity index (χ0n) is 16.4. The zero-order valence-corrected chi connectivity index (χ0v) is 18.0. The minimum atomic E-state index is 0.873. The third kappa shape index (κ3) is 4.32. The predicted octanol–water partition coefficient (Wildman–Crippen LogP) is 6.66. The number of rotatable bonds is 9. The number of hydrogen-bond donors (Lipinski definition) is 1. The fraction of sp³-hybridized carbons (Fsp3) is 0.391. The quantitative estimate of drug-likeness (QED) is 0.304. The van der Waals surface area contributed by atoms with Gasteiger partial charge in [0, 0.05) is 27.5 Å². The van der Waals surface area contributed by atoms with Gasteiger partial charge in [0.15, 0.2) is 0 Å². The molecule has 144 valence electrons. The number of alkyl halides is 1. The number of aromatic nitrogens is 1. The summed E-state index contributed by atoms with van der Waals surface area (Å²) in [6, 6.07) is 12.4. The minimum absolute atomic E-state index is 0.873. The maximum atomic E-state index is 5.69. The van der Waals surface area contributed by atoms with E-state index in [4.69, 9.17) is 9.47 Å². The fourth-order valence-corrected chi connectivity index (χ4v) is 4.15. The molecule has 0 radical (unpaired) electrons. The van der Waals surface area contributed by atoms with Gasteiger partial charge in [-0.1, -0.05) is 28.8 Å². The lowest BCUT2D eigenvalue weighted by Crippen LogP contribution is -1.95. The molecule has 3 aromatic rings. The molecule has 0 bridgehead atoms. The van der Waals surface area contributed by atoms with Crippen LogP contribution >= 0.6 is 15.9 Å². The van der Waals surface area contributed by atoms with E-state index in [-0.39, 0.29) is 0 Å². The van der Waals surface area contributed by atoms with Crippen molar-refractivity contribution in [2.24, 2.45) is 0 Å². The molecule has 0 atom stereocenters. The lowest BCUT2D eigenvalue weighted by atomic mass is 9.98. The number of fused-ring (bicyclic) bond motifs is 1. The van der Waals surface area contributed by atoms with Gasteiger partial charge in [-0.15, -0.1) is 0 Å². The average Bonchev–Trinajstić information content (AvgIpc) is 3.04.